The largest absolute Gasteiger partial charge is 0.455 e. The van der Waals surface area contributed by atoms with Gasteiger partial charge in [-0.2, -0.15) is 0 Å². The number of ether oxygens (including phenoxy) is 1. The van der Waals surface area contributed by atoms with E-state index >= 15 is 0 Å². The van der Waals surface area contributed by atoms with E-state index in [2.05, 4.69) is 20.4 Å². The molecule has 0 amide bonds. The third kappa shape index (κ3) is 4.89. The maximum Gasteiger partial charge on any atom is 0.330 e. The normalized spacial score (nSPS) is 39.1. The zero-order chi connectivity index (χ0) is 20.1. The average molecular weight is 389 g/mol. The van der Waals surface area contributed by atoms with E-state index in [1.54, 1.807) is 0 Å². The zero-order valence-corrected chi connectivity index (χ0v) is 18.1. The van der Waals surface area contributed by atoms with Crippen LogP contribution in [-0.4, -0.2) is 18.4 Å². The molecule has 158 valence electrons. The molecule has 28 heavy (non-hydrogen) atoms. The van der Waals surface area contributed by atoms with Crippen molar-refractivity contribution in [3.8, 4) is 0 Å². The van der Waals surface area contributed by atoms with Gasteiger partial charge < -0.3 is 4.74 Å². The van der Waals surface area contributed by atoms with Crippen LogP contribution in [0.4, 0.5) is 0 Å². The van der Waals surface area contributed by atoms with Crippen LogP contribution in [0.1, 0.15) is 90.9 Å². The Morgan fingerprint density at radius 3 is 1.89 bits per heavy atom. The standard InChI is InChI=1S/C25H40O3/c1-4-24(27)28-17-23(26)25(15-13-19(3)14-16-25)22-11-9-21(10-12-22)20-7-5-18(2)6-8-20/h4,18-22H,1,5-17H2,2-3H3. The molecule has 0 aromatic heterocycles. The lowest BCUT2D eigenvalue weighted by Gasteiger charge is -2.47. The van der Waals surface area contributed by atoms with Crippen molar-refractivity contribution in [1.82, 2.24) is 0 Å². The van der Waals surface area contributed by atoms with Crippen LogP contribution in [0.3, 0.4) is 0 Å². The number of hydrogen-bond acceptors (Lipinski definition) is 3. The molecule has 0 spiro atoms. The summed E-state index contributed by atoms with van der Waals surface area (Å²) in [5.74, 6) is 3.58. The lowest BCUT2D eigenvalue weighted by molar-refractivity contribution is -0.151. The highest BCUT2D eigenvalue weighted by Crippen LogP contribution is 2.52. The molecule has 0 N–H and O–H groups in total. The molecule has 3 saturated carbocycles. The summed E-state index contributed by atoms with van der Waals surface area (Å²) < 4.78 is 5.17. The van der Waals surface area contributed by atoms with Gasteiger partial charge in [-0.15, -0.1) is 0 Å². The minimum atomic E-state index is -0.483. The van der Waals surface area contributed by atoms with Crippen LogP contribution in [0.2, 0.25) is 0 Å². The van der Waals surface area contributed by atoms with Crippen LogP contribution in [0.5, 0.6) is 0 Å². The summed E-state index contributed by atoms with van der Waals surface area (Å²) in [5.41, 5.74) is -0.250. The van der Waals surface area contributed by atoms with E-state index in [0.717, 1.165) is 49.5 Å². The van der Waals surface area contributed by atoms with Crippen LogP contribution >= 0.6 is 0 Å². The van der Waals surface area contributed by atoms with Crippen molar-refractivity contribution in [2.75, 3.05) is 6.61 Å². The number of esters is 1. The van der Waals surface area contributed by atoms with E-state index in [1.165, 1.54) is 51.4 Å². The lowest BCUT2D eigenvalue weighted by Crippen LogP contribution is -2.45. The molecule has 0 radical (unpaired) electrons. The Bertz CT molecular complexity index is 542. The Balaban J connectivity index is 1.62. The first-order chi connectivity index (χ1) is 13.4. The van der Waals surface area contributed by atoms with Gasteiger partial charge in [-0.05, 0) is 93.8 Å². The molecule has 3 rings (SSSR count). The van der Waals surface area contributed by atoms with Crippen LogP contribution in [0, 0.1) is 35.0 Å². The van der Waals surface area contributed by atoms with Gasteiger partial charge in [0.25, 0.3) is 0 Å². The van der Waals surface area contributed by atoms with Crippen LogP contribution in [0.25, 0.3) is 0 Å². The van der Waals surface area contributed by atoms with Crippen molar-refractivity contribution in [3.63, 3.8) is 0 Å². The Labute approximate surface area is 171 Å². The molecule has 0 aromatic carbocycles. The van der Waals surface area contributed by atoms with Gasteiger partial charge in [-0.1, -0.05) is 33.3 Å². The van der Waals surface area contributed by atoms with E-state index < -0.39 is 5.97 Å². The molecule has 0 bridgehead atoms. The van der Waals surface area contributed by atoms with Gasteiger partial charge in [-0.3, -0.25) is 4.79 Å². The third-order valence-electron chi connectivity index (χ3n) is 8.51. The second-order valence-corrected chi connectivity index (χ2v) is 10.2. The first kappa shape index (κ1) is 21.6. The van der Waals surface area contributed by atoms with Gasteiger partial charge in [0.1, 0.15) is 0 Å². The molecule has 0 heterocycles. The molecule has 3 aliphatic rings. The highest BCUT2D eigenvalue weighted by molar-refractivity contribution is 5.89. The number of carbonyl (C=O) groups excluding carboxylic acids is 2. The van der Waals surface area contributed by atoms with Crippen LogP contribution in [0.15, 0.2) is 12.7 Å². The number of Topliss-reactive ketones (excluding diaryl/α,β-unsaturated/α-hetero) is 1. The molecule has 0 aromatic rings. The maximum absolute atomic E-state index is 13.3. The van der Waals surface area contributed by atoms with Gasteiger partial charge in [-0.25, -0.2) is 4.79 Å². The van der Waals surface area contributed by atoms with E-state index in [1.807, 2.05) is 0 Å². The van der Waals surface area contributed by atoms with E-state index in [0.29, 0.717) is 11.8 Å². The quantitative estimate of drug-likeness (QED) is 0.407. The number of ketones is 1. The van der Waals surface area contributed by atoms with Crippen molar-refractivity contribution in [3.05, 3.63) is 12.7 Å². The molecule has 3 fully saturated rings. The summed E-state index contributed by atoms with van der Waals surface area (Å²) in [7, 11) is 0. The van der Waals surface area contributed by atoms with Crippen molar-refractivity contribution >= 4 is 11.8 Å². The predicted octanol–water partition coefficient (Wildman–Crippen LogP) is 6.11. The minimum Gasteiger partial charge on any atom is -0.455 e. The van der Waals surface area contributed by atoms with Crippen molar-refractivity contribution in [2.24, 2.45) is 35.0 Å². The second kappa shape index (κ2) is 9.59. The highest BCUT2D eigenvalue weighted by Gasteiger charge is 2.48. The number of carbonyl (C=O) groups is 2. The molecule has 0 saturated heterocycles. The Hall–Kier alpha value is -1.12. The molecule has 3 nitrogen and oxygen atoms in total. The molecule has 0 atom stereocenters. The summed E-state index contributed by atoms with van der Waals surface area (Å²) in [5, 5.41) is 0. The fraction of sp³-hybridized carbons (Fsp3) is 0.840. The summed E-state index contributed by atoms with van der Waals surface area (Å²) in [6.07, 6.45) is 16.0. The van der Waals surface area contributed by atoms with Gasteiger partial charge in [0.2, 0.25) is 0 Å². The van der Waals surface area contributed by atoms with E-state index in [4.69, 9.17) is 4.74 Å². The zero-order valence-electron chi connectivity index (χ0n) is 18.1. The van der Waals surface area contributed by atoms with Gasteiger partial charge in [0.15, 0.2) is 12.4 Å². The number of rotatable bonds is 6. The highest BCUT2D eigenvalue weighted by atomic mass is 16.5. The van der Waals surface area contributed by atoms with Crippen molar-refractivity contribution in [1.29, 1.82) is 0 Å². The molecular weight excluding hydrogens is 348 g/mol. The first-order valence-electron chi connectivity index (χ1n) is 11.8. The SMILES string of the molecule is C=CC(=O)OCC(=O)C1(C2CCC(C3CCC(C)CC3)CC2)CCC(C)CC1. The molecule has 0 aliphatic heterocycles. The molecule has 3 heteroatoms. The van der Waals surface area contributed by atoms with Crippen LogP contribution < -0.4 is 0 Å². The minimum absolute atomic E-state index is 0.0698. The summed E-state index contributed by atoms with van der Waals surface area (Å²) in [6.45, 7) is 8.06. The van der Waals surface area contributed by atoms with Crippen LogP contribution in [-0.2, 0) is 14.3 Å². The van der Waals surface area contributed by atoms with Gasteiger partial charge >= 0.3 is 5.97 Å². The summed E-state index contributed by atoms with van der Waals surface area (Å²) in [4.78, 5) is 24.7. The topological polar surface area (TPSA) is 43.4 Å². The smallest absolute Gasteiger partial charge is 0.330 e. The fourth-order valence-electron chi connectivity index (χ4n) is 6.43. The fourth-order valence-corrected chi connectivity index (χ4v) is 6.43. The van der Waals surface area contributed by atoms with Gasteiger partial charge in [0.05, 0.1) is 0 Å². The Morgan fingerprint density at radius 1 is 0.857 bits per heavy atom. The average Bonchev–Trinajstić information content (AvgIpc) is 2.73. The summed E-state index contributed by atoms with van der Waals surface area (Å²) >= 11 is 0. The Kier molecular flexibility index (Phi) is 7.39. The summed E-state index contributed by atoms with van der Waals surface area (Å²) in [6, 6.07) is 0. The monoisotopic (exact) mass is 388 g/mol. The third-order valence-corrected chi connectivity index (χ3v) is 8.51. The van der Waals surface area contributed by atoms with E-state index in [9.17, 15) is 9.59 Å². The maximum atomic E-state index is 13.3. The molecule has 0 unspecified atom stereocenters. The van der Waals surface area contributed by atoms with Crippen molar-refractivity contribution in [2.45, 2.75) is 90.9 Å². The Morgan fingerprint density at radius 2 is 1.36 bits per heavy atom. The molecule has 3 aliphatic carbocycles. The lowest BCUT2D eigenvalue weighted by atomic mass is 9.56. The second-order valence-electron chi connectivity index (χ2n) is 10.2. The van der Waals surface area contributed by atoms with E-state index in [-0.39, 0.29) is 17.8 Å². The number of hydrogen-bond donors (Lipinski definition) is 0. The molecular formula is C25H40O3. The van der Waals surface area contributed by atoms with Crippen molar-refractivity contribution < 1.29 is 14.3 Å². The van der Waals surface area contributed by atoms with Gasteiger partial charge in [0, 0.05) is 11.5 Å². The predicted molar refractivity (Wildman–Crippen MR) is 113 cm³/mol. The first-order valence-corrected chi connectivity index (χ1v) is 11.8.